The molecule has 0 unspecified atom stereocenters. The highest BCUT2D eigenvalue weighted by atomic mass is 32.1. The van der Waals surface area contributed by atoms with Crippen LogP contribution in [0.5, 0.6) is 11.5 Å². The van der Waals surface area contributed by atoms with Gasteiger partial charge in [-0.1, -0.05) is 11.3 Å². The number of fused-ring (bicyclic) bond motifs is 1. The third-order valence-electron chi connectivity index (χ3n) is 3.90. The maximum absolute atomic E-state index is 13.0. The predicted molar refractivity (Wildman–Crippen MR) is 102 cm³/mol. The van der Waals surface area contributed by atoms with Crippen LogP contribution in [0.1, 0.15) is 15.4 Å². The number of amides is 1. The minimum atomic E-state index is -0.310. The quantitative estimate of drug-likeness (QED) is 0.698. The van der Waals surface area contributed by atoms with Crippen LogP contribution in [0.3, 0.4) is 0 Å². The zero-order valence-corrected chi connectivity index (χ0v) is 15.2. The van der Waals surface area contributed by atoms with E-state index in [1.54, 1.807) is 37.3 Å². The third-order valence-corrected chi connectivity index (χ3v) is 4.97. The molecule has 6 nitrogen and oxygen atoms in total. The summed E-state index contributed by atoms with van der Waals surface area (Å²) in [7, 11) is 0. The molecule has 27 heavy (non-hydrogen) atoms. The van der Waals surface area contributed by atoms with Crippen LogP contribution in [0.4, 0.5) is 20.9 Å². The molecule has 0 atom stereocenters. The number of halogens is 1. The summed E-state index contributed by atoms with van der Waals surface area (Å²) in [5.74, 6) is 0.710. The number of ether oxygens (including phenoxy) is 2. The highest BCUT2D eigenvalue weighted by Crippen LogP contribution is 2.33. The average Bonchev–Trinajstić information content (AvgIpc) is 3.04. The van der Waals surface area contributed by atoms with Crippen LogP contribution in [-0.4, -0.2) is 24.1 Å². The van der Waals surface area contributed by atoms with Crippen molar-refractivity contribution in [3.63, 3.8) is 0 Å². The normalized spacial score (nSPS) is 12.5. The first-order valence-electron chi connectivity index (χ1n) is 8.29. The fourth-order valence-electron chi connectivity index (χ4n) is 2.63. The number of aromatic nitrogens is 1. The van der Waals surface area contributed by atoms with E-state index in [4.69, 9.17) is 9.47 Å². The van der Waals surface area contributed by atoms with Crippen molar-refractivity contribution in [1.82, 2.24) is 4.98 Å². The number of anilines is 3. The van der Waals surface area contributed by atoms with Gasteiger partial charge in [-0.2, -0.15) is 0 Å². The smallest absolute Gasteiger partial charge is 0.267 e. The van der Waals surface area contributed by atoms with Gasteiger partial charge in [0.25, 0.3) is 5.91 Å². The molecule has 3 aromatic rings. The maximum Gasteiger partial charge on any atom is 0.267 e. The van der Waals surface area contributed by atoms with Gasteiger partial charge in [-0.15, -0.1) is 0 Å². The van der Waals surface area contributed by atoms with E-state index < -0.39 is 0 Å². The lowest BCUT2D eigenvalue weighted by molar-refractivity contribution is 0.102. The topological polar surface area (TPSA) is 72.5 Å². The molecule has 1 aliphatic heterocycles. The molecule has 2 heterocycles. The summed E-state index contributed by atoms with van der Waals surface area (Å²) in [5, 5.41) is 6.49. The number of carbonyl (C=O) groups is 1. The van der Waals surface area contributed by atoms with E-state index >= 15 is 0 Å². The van der Waals surface area contributed by atoms with Crippen molar-refractivity contribution in [2.24, 2.45) is 0 Å². The Morgan fingerprint density at radius 3 is 2.56 bits per heavy atom. The van der Waals surface area contributed by atoms with Crippen molar-refractivity contribution < 1.29 is 18.7 Å². The van der Waals surface area contributed by atoms with E-state index in [1.807, 2.05) is 0 Å². The predicted octanol–water partition coefficient (Wildman–Crippen LogP) is 4.36. The van der Waals surface area contributed by atoms with Crippen molar-refractivity contribution in [2.75, 3.05) is 23.8 Å². The molecule has 1 aromatic heterocycles. The molecule has 4 rings (SSSR count). The fraction of sp³-hybridized carbons (Fsp3) is 0.158. The summed E-state index contributed by atoms with van der Waals surface area (Å²) < 4.78 is 24.0. The Hall–Kier alpha value is -3.13. The largest absolute Gasteiger partial charge is 0.486 e. The summed E-state index contributed by atoms with van der Waals surface area (Å²) in [5.41, 5.74) is 1.92. The Balaban J connectivity index is 1.49. The molecular formula is C19H16FN3O3S. The van der Waals surface area contributed by atoms with Gasteiger partial charge in [0.15, 0.2) is 16.6 Å². The average molecular weight is 385 g/mol. The molecule has 2 N–H and O–H groups in total. The van der Waals surface area contributed by atoms with Crippen LogP contribution in [0.25, 0.3) is 0 Å². The standard InChI is InChI=1S/C19H16FN3O3S/c1-11-17(27-19(21-11)23-13-4-2-12(20)3-5-13)18(24)22-14-6-7-15-16(10-14)26-9-8-25-15/h2-7,10H,8-9H2,1H3,(H,21,23)(H,22,24). The van der Waals surface area contributed by atoms with Gasteiger partial charge in [0.2, 0.25) is 0 Å². The number of hydrogen-bond donors (Lipinski definition) is 2. The summed E-state index contributed by atoms with van der Waals surface area (Å²) in [6, 6.07) is 11.2. The highest BCUT2D eigenvalue weighted by molar-refractivity contribution is 7.17. The monoisotopic (exact) mass is 385 g/mol. The summed E-state index contributed by atoms with van der Waals surface area (Å²) >= 11 is 1.23. The number of aryl methyl sites for hydroxylation is 1. The second-order valence-electron chi connectivity index (χ2n) is 5.88. The third kappa shape index (κ3) is 3.85. The zero-order chi connectivity index (χ0) is 18.8. The zero-order valence-electron chi connectivity index (χ0n) is 14.4. The van der Waals surface area contributed by atoms with Crippen molar-refractivity contribution in [3.8, 4) is 11.5 Å². The van der Waals surface area contributed by atoms with Gasteiger partial charge in [-0.05, 0) is 43.3 Å². The SMILES string of the molecule is Cc1nc(Nc2ccc(F)cc2)sc1C(=O)Nc1ccc2c(c1)OCCO2. The van der Waals surface area contributed by atoms with E-state index in [2.05, 4.69) is 15.6 Å². The summed E-state index contributed by atoms with van der Waals surface area (Å²) in [6.45, 7) is 2.77. The molecule has 0 bridgehead atoms. The van der Waals surface area contributed by atoms with E-state index in [0.717, 1.165) is 0 Å². The Bertz CT molecular complexity index is 988. The van der Waals surface area contributed by atoms with E-state index in [-0.39, 0.29) is 11.7 Å². The number of benzene rings is 2. The van der Waals surface area contributed by atoms with E-state index in [0.29, 0.717) is 51.8 Å². The molecule has 0 saturated heterocycles. The molecule has 0 aliphatic carbocycles. The van der Waals surface area contributed by atoms with Gasteiger partial charge < -0.3 is 20.1 Å². The molecular weight excluding hydrogens is 369 g/mol. The second kappa shape index (κ2) is 7.24. The Kier molecular flexibility index (Phi) is 4.64. The van der Waals surface area contributed by atoms with Gasteiger partial charge >= 0.3 is 0 Å². The Morgan fingerprint density at radius 1 is 1.07 bits per heavy atom. The highest BCUT2D eigenvalue weighted by Gasteiger charge is 2.17. The molecule has 2 aromatic carbocycles. The Morgan fingerprint density at radius 2 is 1.78 bits per heavy atom. The number of carbonyl (C=O) groups excluding carboxylic acids is 1. The van der Waals surface area contributed by atoms with Gasteiger partial charge in [0.1, 0.15) is 23.9 Å². The summed E-state index contributed by atoms with van der Waals surface area (Å²) in [6.07, 6.45) is 0. The molecule has 8 heteroatoms. The van der Waals surface area contributed by atoms with Crippen LogP contribution < -0.4 is 20.1 Å². The first-order chi connectivity index (χ1) is 13.1. The lowest BCUT2D eigenvalue weighted by atomic mass is 10.2. The van der Waals surface area contributed by atoms with Gasteiger partial charge in [-0.25, -0.2) is 9.37 Å². The lowest BCUT2D eigenvalue weighted by Gasteiger charge is -2.18. The van der Waals surface area contributed by atoms with Crippen LogP contribution in [-0.2, 0) is 0 Å². The maximum atomic E-state index is 13.0. The van der Waals surface area contributed by atoms with E-state index in [1.165, 1.54) is 23.5 Å². The molecule has 138 valence electrons. The fourth-order valence-corrected chi connectivity index (χ4v) is 3.51. The molecule has 0 spiro atoms. The van der Waals surface area contributed by atoms with Crippen LogP contribution in [0.2, 0.25) is 0 Å². The molecule has 0 saturated carbocycles. The number of nitrogens with zero attached hydrogens (tertiary/aromatic N) is 1. The van der Waals surface area contributed by atoms with Crippen molar-refractivity contribution in [3.05, 3.63) is 58.9 Å². The minimum absolute atomic E-state index is 0.256. The molecule has 1 aliphatic rings. The van der Waals surface area contributed by atoms with Crippen molar-refractivity contribution in [1.29, 1.82) is 0 Å². The second-order valence-corrected chi connectivity index (χ2v) is 6.88. The van der Waals surface area contributed by atoms with Crippen LogP contribution in [0.15, 0.2) is 42.5 Å². The van der Waals surface area contributed by atoms with Crippen molar-refractivity contribution in [2.45, 2.75) is 6.92 Å². The number of rotatable bonds is 4. The first kappa shape index (κ1) is 17.3. The molecule has 0 fully saturated rings. The number of thiazole rings is 1. The lowest BCUT2D eigenvalue weighted by Crippen LogP contribution is -2.16. The number of hydrogen-bond acceptors (Lipinski definition) is 6. The van der Waals surface area contributed by atoms with Crippen molar-refractivity contribution >= 4 is 33.8 Å². The Labute approximate surface area is 159 Å². The molecule has 0 radical (unpaired) electrons. The number of nitrogens with one attached hydrogen (secondary N) is 2. The van der Waals surface area contributed by atoms with E-state index in [9.17, 15) is 9.18 Å². The van der Waals surface area contributed by atoms with Gasteiger partial charge in [0.05, 0.1) is 5.69 Å². The minimum Gasteiger partial charge on any atom is -0.486 e. The van der Waals surface area contributed by atoms with Gasteiger partial charge in [0, 0.05) is 17.4 Å². The van der Waals surface area contributed by atoms with Crippen LogP contribution in [0, 0.1) is 12.7 Å². The molecule has 1 amide bonds. The summed E-state index contributed by atoms with van der Waals surface area (Å²) in [4.78, 5) is 17.5. The van der Waals surface area contributed by atoms with Gasteiger partial charge in [-0.3, -0.25) is 4.79 Å². The first-order valence-corrected chi connectivity index (χ1v) is 9.11. The van der Waals surface area contributed by atoms with Crippen LogP contribution >= 0.6 is 11.3 Å².